The highest BCUT2D eigenvalue weighted by atomic mass is 35.5. The van der Waals surface area contributed by atoms with Gasteiger partial charge >= 0.3 is 0 Å². The van der Waals surface area contributed by atoms with Gasteiger partial charge in [-0.2, -0.15) is 0 Å². The number of carbonyl (C=O) groups is 2. The fraction of sp³-hybridized carbons (Fsp3) is 0.481. The van der Waals surface area contributed by atoms with Crippen molar-refractivity contribution < 1.29 is 22.7 Å². The Hall–Kier alpha value is -2.78. The summed E-state index contributed by atoms with van der Waals surface area (Å²) in [5.74, 6) is 0.159. The monoisotopic (exact) mass is 551 g/mol. The van der Waals surface area contributed by atoms with Crippen LogP contribution in [0, 0.1) is 0 Å². The van der Waals surface area contributed by atoms with Crippen LogP contribution in [0.2, 0.25) is 5.02 Å². The molecule has 2 atom stereocenters. The average molecular weight is 552 g/mol. The third kappa shape index (κ3) is 8.93. The van der Waals surface area contributed by atoms with E-state index in [1.54, 1.807) is 35.2 Å². The lowest BCUT2D eigenvalue weighted by Crippen LogP contribution is -2.50. The molecule has 0 saturated carbocycles. The zero-order chi connectivity index (χ0) is 27.6. The smallest absolute Gasteiger partial charge is 0.243 e. The summed E-state index contributed by atoms with van der Waals surface area (Å²) in [6.45, 7) is 6.06. The van der Waals surface area contributed by atoms with Crippen LogP contribution in [0.25, 0.3) is 0 Å². The van der Waals surface area contributed by atoms with Gasteiger partial charge in [0, 0.05) is 30.6 Å². The fourth-order valence-electron chi connectivity index (χ4n) is 3.92. The topological polar surface area (TPSA) is 96.0 Å². The van der Waals surface area contributed by atoms with Crippen molar-refractivity contribution in [3.63, 3.8) is 0 Å². The van der Waals surface area contributed by atoms with Crippen LogP contribution in [0.4, 0.5) is 5.69 Å². The molecular weight excluding hydrogens is 514 g/mol. The number of carbonyl (C=O) groups excluding carboxylic acids is 2. The number of hydrogen-bond acceptors (Lipinski definition) is 5. The molecular formula is C27H38ClN3O5S. The Morgan fingerprint density at radius 3 is 2.24 bits per heavy atom. The van der Waals surface area contributed by atoms with Gasteiger partial charge in [-0.05, 0) is 62.1 Å². The lowest BCUT2D eigenvalue weighted by atomic mass is 10.1. The number of ether oxygens (including phenoxy) is 1. The summed E-state index contributed by atoms with van der Waals surface area (Å²) < 4.78 is 31.4. The minimum Gasteiger partial charge on any atom is -0.497 e. The third-order valence-electron chi connectivity index (χ3n) is 6.20. The van der Waals surface area contributed by atoms with Crippen molar-refractivity contribution in [3.8, 4) is 5.75 Å². The number of rotatable bonds is 14. The van der Waals surface area contributed by atoms with Crippen molar-refractivity contribution >= 4 is 39.1 Å². The summed E-state index contributed by atoms with van der Waals surface area (Å²) in [6, 6.07) is 13.2. The van der Waals surface area contributed by atoms with Crippen LogP contribution < -0.4 is 14.4 Å². The van der Waals surface area contributed by atoms with Crippen molar-refractivity contribution in [2.75, 3.05) is 24.2 Å². The molecule has 0 aliphatic heterocycles. The van der Waals surface area contributed by atoms with E-state index in [-0.39, 0.29) is 43.8 Å². The molecule has 2 amide bonds. The first-order chi connectivity index (χ1) is 17.5. The van der Waals surface area contributed by atoms with E-state index in [0.717, 1.165) is 18.2 Å². The van der Waals surface area contributed by atoms with E-state index in [2.05, 4.69) is 5.32 Å². The Bertz CT molecular complexity index is 1140. The zero-order valence-corrected chi connectivity index (χ0v) is 23.8. The highest BCUT2D eigenvalue weighted by molar-refractivity contribution is 7.92. The standard InChI is InChI=1S/C27H38ClN3O5S/c1-6-20(3)29-27(33)25(7-2)30(19-21-11-8-9-12-24(21)28)26(32)13-10-18-31(37(5,34)35)22-14-16-23(36-4)17-15-22/h8-9,11-12,14-17,20,25H,6-7,10,13,18-19H2,1-5H3,(H,29,33). The van der Waals surface area contributed by atoms with E-state index >= 15 is 0 Å². The molecule has 0 saturated heterocycles. The van der Waals surface area contributed by atoms with Gasteiger partial charge in [0.15, 0.2) is 0 Å². The molecule has 0 heterocycles. The Morgan fingerprint density at radius 1 is 1.05 bits per heavy atom. The largest absolute Gasteiger partial charge is 0.497 e. The lowest BCUT2D eigenvalue weighted by Gasteiger charge is -2.32. The first-order valence-electron chi connectivity index (χ1n) is 12.5. The van der Waals surface area contributed by atoms with E-state index in [1.165, 1.54) is 11.4 Å². The molecule has 2 unspecified atom stereocenters. The molecule has 0 fully saturated rings. The van der Waals surface area contributed by atoms with Crippen LogP contribution in [0.5, 0.6) is 5.75 Å². The first kappa shape index (κ1) is 30.4. The average Bonchev–Trinajstić information content (AvgIpc) is 2.86. The number of sulfonamides is 1. The maximum Gasteiger partial charge on any atom is 0.243 e. The second-order valence-electron chi connectivity index (χ2n) is 8.99. The van der Waals surface area contributed by atoms with Gasteiger partial charge < -0.3 is 15.0 Å². The summed E-state index contributed by atoms with van der Waals surface area (Å²) in [5, 5.41) is 3.49. The maximum atomic E-state index is 13.5. The number of benzene rings is 2. The molecule has 37 heavy (non-hydrogen) atoms. The van der Waals surface area contributed by atoms with Crippen LogP contribution in [0.3, 0.4) is 0 Å². The molecule has 2 rings (SSSR count). The molecule has 10 heteroatoms. The van der Waals surface area contributed by atoms with Gasteiger partial charge in [-0.1, -0.05) is 43.6 Å². The van der Waals surface area contributed by atoms with Gasteiger partial charge in [0.2, 0.25) is 21.8 Å². The summed E-state index contributed by atoms with van der Waals surface area (Å²) in [7, 11) is -2.04. The highest BCUT2D eigenvalue weighted by Gasteiger charge is 2.29. The second-order valence-corrected chi connectivity index (χ2v) is 11.3. The SMILES string of the molecule is CCC(C)NC(=O)C(CC)N(Cc1ccccc1Cl)C(=O)CCCN(c1ccc(OC)cc1)S(C)(=O)=O. The molecule has 0 aromatic heterocycles. The van der Waals surface area contributed by atoms with Crippen molar-refractivity contribution in [2.45, 2.75) is 65.1 Å². The lowest BCUT2D eigenvalue weighted by molar-refractivity contribution is -0.141. The molecule has 0 aliphatic carbocycles. The highest BCUT2D eigenvalue weighted by Crippen LogP contribution is 2.23. The Labute approximate surface area is 226 Å². The molecule has 1 N–H and O–H groups in total. The van der Waals surface area contributed by atoms with E-state index in [0.29, 0.717) is 22.9 Å². The molecule has 0 bridgehead atoms. The Balaban J connectivity index is 2.23. The van der Waals surface area contributed by atoms with Crippen molar-refractivity contribution in [3.05, 3.63) is 59.1 Å². The number of hydrogen-bond donors (Lipinski definition) is 1. The zero-order valence-electron chi connectivity index (χ0n) is 22.2. The summed E-state index contributed by atoms with van der Waals surface area (Å²) >= 11 is 6.37. The van der Waals surface area contributed by atoms with Crippen LogP contribution in [-0.2, 0) is 26.2 Å². The number of halogens is 1. The maximum absolute atomic E-state index is 13.5. The van der Waals surface area contributed by atoms with E-state index in [4.69, 9.17) is 16.3 Å². The predicted octanol–water partition coefficient (Wildman–Crippen LogP) is 4.62. The van der Waals surface area contributed by atoms with E-state index < -0.39 is 16.1 Å². The summed E-state index contributed by atoms with van der Waals surface area (Å²) in [5.41, 5.74) is 1.23. The Morgan fingerprint density at radius 2 is 1.70 bits per heavy atom. The minimum atomic E-state index is -3.57. The molecule has 2 aromatic carbocycles. The van der Waals surface area contributed by atoms with Gasteiger partial charge in [0.1, 0.15) is 11.8 Å². The van der Waals surface area contributed by atoms with Crippen molar-refractivity contribution in [2.24, 2.45) is 0 Å². The molecule has 2 aromatic rings. The van der Waals surface area contributed by atoms with Gasteiger partial charge in [-0.15, -0.1) is 0 Å². The summed E-state index contributed by atoms with van der Waals surface area (Å²) in [4.78, 5) is 28.1. The predicted molar refractivity (Wildman–Crippen MR) is 148 cm³/mol. The second kappa shape index (κ2) is 14.2. The van der Waals surface area contributed by atoms with Crippen LogP contribution in [0.1, 0.15) is 52.0 Å². The molecule has 0 aliphatic rings. The normalized spacial score (nSPS) is 12.9. The van der Waals surface area contributed by atoms with Gasteiger partial charge in [0.05, 0.1) is 19.1 Å². The van der Waals surface area contributed by atoms with Gasteiger partial charge in [-0.3, -0.25) is 13.9 Å². The molecule has 8 nitrogen and oxygen atoms in total. The summed E-state index contributed by atoms with van der Waals surface area (Å²) in [6.07, 6.45) is 2.68. The quantitative estimate of drug-likeness (QED) is 0.370. The number of nitrogens with one attached hydrogen (secondary N) is 1. The number of anilines is 1. The van der Waals surface area contributed by atoms with E-state index in [1.807, 2.05) is 39.0 Å². The van der Waals surface area contributed by atoms with Gasteiger partial charge in [0.25, 0.3) is 0 Å². The van der Waals surface area contributed by atoms with E-state index in [9.17, 15) is 18.0 Å². The van der Waals surface area contributed by atoms with Crippen molar-refractivity contribution in [1.29, 1.82) is 0 Å². The van der Waals surface area contributed by atoms with Crippen molar-refractivity contribution in [1.82, 2.24) is 10.2 Å². The minimum absolute atomic E-state index is 0.0216. The Kier molecular flexibility index (Phi) is 11.7. The fourth-order valence-corrected chi connectivity index (χ4v) is 5.08. The third-order valence-corrected chi connectivity index (χ3v) is 7.76. The molecule has 0 spiro atoms. The number of amides is 2. The van der Waals surface area contributed by atoms with Crippen LogP contribution in [-0.4, -0.2) is 57.1 Å². The molecule has 0 radical (unpaired) electrons. The number of nitrogens with zero attached hydrogens (tertiary/aromatic N) is 2. The van der Waals surface area contributed by atoms with Crippen LogP contribution >= 0.6 is 11.6 Å². The first-order valence-corrected chi connectivity index (χ1v) is 14.7. The van der Waals surface area contributed by atoms with Crippen LogP contribution in [0.15, 0.2) is 48.5 Å². The number of methoxy groups -OCH3 is 1. The molecule has 204 valence electrons. The van der Waals surface area contributed by atoms with Gasteiger partial charge in [-0.25, -0.2) is 8.42 Å².